The van der Waals surface area contributed by atoms with Crippen molar-refractivity contribution in [3.8, 4) is 0 Å². The van der Waals surface area contributed by atoms with E-state index in [0.29, 0.717) is 12.5 Å². The molecule has 3 nitrogen and oxygen atoms in total. The van der Waals surface area contributed by atoms with E-state index in [1.54, 1.807) is 0 Å². The Balaban J connectivity index is 1.93. The van der Waals surface area contributed by atoms with Crippen LogP contribution in [0, 0.1) is 17.3 Å². The maximum atomic E-state index is 12.4. The summed E-state index contributed by atoms with van der Waals surface area (Å²) < 4.78 is 0. The fraction of sp³-hybridized carbons (Fsp3) is 0.929. The summed E-state index contributed by atoms with van der Waals surface area (Å²) in [4.78, 5) is 14.5. The Morgan fingerprint density at radius 3 is 2.59 bits per heavy atom. The maximum Gasteiger partial charge on any atom is 0.230 e. The molecule has 2 rings (SSSR count). The van der Waals surface area contributed by atoms with Crippen molar-refractivity contribution in [2.24, 2.45) is 23.0 Å². The molecule has 1 atom stereocenters. The molecule has 1 unspecified atom stereocenters. The van der Waals surface area contributed by atoms with E-state index >= 15 is 0 Å². The van der Waals surface area contributed by atoms with Crippen molar-refractivity contribution in [1.82, 2.24) is 4.90 Å². The zero-order chi connectivity index (χ0) is 12.5. The molecule has 2 N–H and O–H groups in total. The Hall–Kier alpha value is -0.570. The van der Waals surface area contributed by atoms with Crippen LogP contribution in [-0.4, -0.2) is 30.4 Å². The lowest BCUT2D eigenvalue weighted by Crippen LogP contribution is -2.41. The highest BCUT2D eigenvalue weighted by molar-refractivity contribution is 5.85. The summed E-state index contributed by atoms with van der Waals surface area (Å²) in [6.07, 6.45) is 5.62. The zero-order valence-electron chi connectivity index (χ0n) is 11.2. The molecule has 0 radical (unpaired) electrons. The molecule has 1 aliphatic heterocycles. The van der Waals surface area contributed by atoms with Crippen LogP contribution in [0.1, 0.15) is 46.0 Å². The molecule has 17 heavy (non-hydrogen) atoms. The maximum absolute atomic E-state index is 12.4. The number of carbonyl (C=O) groups excluding carboxylic acids is 1. The number of hydrogen-bond donors (Lipinski definition) is 1. The molecular weight excluding hydrogens is 212 g/mol. The normalized spacial score (nSPS) is 28.0. The van der Waals surface area contributed by atoms with Gasteiger partial charge in [-0.15, -0.1) is 0 Å². The van der Waals surface area contributed by atoms with E-state index in [2.05, 4.69) is 18.7 Å². The number of nitrogens with two attached hydrogens (primary N) is 1. The topological polar surface area (TPSA) is 46.3 Å². The van der Waals surface area contributed by atoms with Crippen LogP contribution in [0.3, 0.4) is 0 Å². The minimum absolute atomic E-state index is 0.155. The quantitative estimate of drug-likeness (QED) is 0.817. The van der Waals surface area contributed by atoms with E-state index in [1.165, 1.54) is 12.8 Å². The first kappa shape index (κ1) is 12.9. The number of likely N-dealkylation sites (tertiary alicyclic amines) is 1. The van der Waals surface area contributed by atoms with E-state index in [0.717, 1.165) is 44.2 Å². The molecule has 1 saturated carbocycles. The summed E-state index contributed by atoms with van der Waals surface area (Å²) in [5, 5.41) is 0. The highest BCUT2D eigenvalue weighted by Gasteiger charge is 2.50. The van der Waals surface area contributed by atoms with E-state index in [9.17, 15) is 4.79 Å². The van der Waals surface area contributed by atoms with Gasteiger partial charge in [0.1, 0.15) is 0 Å². The van der Waals surface area contributed by atoms with Crippen LogP contribution in [-0.2, 0) is 4.79 Å². The highest BCUT2D eigenvalue weighted by Crippen LogP contribution is 2.46. The van der Waals surface area contributed by atoms with E-state index in [-0.39, 0.29) is 5.41 Å². The fourth-order valence-electron chi connectivity index (χ4n) is 2.98. The monoisotopic (exact) mass is 238 g/mol. The van der Waals surface area contributed by atoms with Crippen LogP contribution < -0.4 is 5.73 Å². The third-order valence-corrected chi connectivity index (χ3v) is 4.70. The second-order valence-electron chi connectivity index (χ2n) is 6.21. The lowest BCUT2D eigenvalue weighted by Gasteiger charge is -2.25. The molecule has 1 saturated heterocycles. The van der Waals surface area contributed by atoms with Crippen LogP contribution in [0.25, 0.3) is 0 Å². The number of carbonyl (C=O) groups is 1. The average Bonchev–Trinajstić information content (AvgIpc) is 3.12. The molecule has 0 spiro atoms. The van der Waals surface area contributed by atoms with Gasteiger partial charge in [-0.3, -0.25) is 4.79 Å². The van der Waals surface area contributed by atoms with E-state index < -0.39 is 0 Å². The Labute approximate surface area is 105 Å². The van der Waals surface area contributed by atoms with Gasteiger partial charge in [0, 0.05) is 19.6 Å². The van der Waals surface area contributed by atoms with Gasteiger partial charge in [0.15, 0.2) is 0 Å². The molecule has 1 aliphatic carbocycles. The standard InChI is InChI=1S/C14H26N2O/c1-11(2)12-4-3-8-16(9-5-12)13(17)14(10-15)6-7-14/h11-12H,3-10,15H2,1-2H3. The highest BCUT2D eigenvalue weighted by atomic mass is 16.2. The van der Waals surface area contributed by atoms with Gasteiger partial charge < -0.3 is 10.6 Å². The minimum Gasteiger partial charge on any atom is -0.342 e. The van der Waals surface area contributed by atoms with Crippen LogP contribution >= 0.6 is 0 Å². The lowest BCUT2D eigenvalue weighted by molar-refractivity contribution is -0.136. The molecule has 3 heteroatoms. The Morgan fingerprint density at radius 2 is 2.06 bits per heavy atom. The summed E-state index contributed by atoms with van der Waals surface area (Å²) in [7, 11) is 0. The molecule has 1 heterocycles. The largest absolute Gasteiger partial charge is 0.342 e. The van der Waals surface area contributed by atoms with Gasteiger partial charge in [-0.2, -0.15) is 0 Å². The Bertz CT molecular complexity index is 284. The van der Waals surface area contributed by atoms with Crippen molar-refractivity contribution in [2.75, 3.05) is 19.6 Å². The van der Waals surface area contributed by atoms with Crippen molar-refractivity contribution in [3.05, 3.63) is 0 Å². The molecule has 0 bridgehead atoms. The van der Waals surface area contributed by atoms with Crippen molar-refractivity contribution < 1.29 is 4.79 Å². The van der Waals surface area contributed by atoms with Crippen LogP contribution in [0.2, 0.25) is 0 Å². The summed E-state index contributed by atoms with van der Waals surface area (Å²) in [5.74, 6) is 1.87. The van der Waals surface area contributed by atoms with Gasteiger partial charge in [0.05, 0.1) is 5.41 Å². The summed E-state index contributed by atoms with van der Waals surface area (Å²) in [5.41, 5.74) is 5.59. The van der Waals surface area contributed by atoms with E-state index in [4.69, 9.17) is 5.73 Å². The molecule has 0 aromatic heterocycles. The smallest absolute Gasteiger partial charge is 0.230 e. The van der Waals surface area contributed by atoms with Crippen molar-refractivity contribution in [2.45, 2.75) is 46.0 Å². The number of hydrogen-bond acceptors (Lipinski definition) is 2. The zero-order valence-corrected chi connectivity index (χ0v) is 11.2. The Kier molecular flexibility index (Phi) is 3.76. The van der Waals surface area contributed by atoms with Crippen LogP contribution in [0.4, 0.5) is 0 Å². The van der Waals surface area contributed by atoms with Gasteiger partial charge in [0.25, 0.3) is 0 Å². The molecule has 0 aromatic rings. The predicted octanol–water partition coefficient (Wildman–Crippen LogP) is 2.01. The van der Waals surface area contributed by atoms with Crippen LogP contribution in [0.15, 0.2) is 0 Å². The third kappa shape index (κ3) is 2.65. The molecule has 0 aromatic carbocycles. The first-order chi connectivity index (χ1) is 8.09. The number of rotatable bonds is 3. The predicted molar refractivity (Wildman–Crippen MR) is 69.5 cm³/mol. The molecule has 98 valence electrons. The molecule has 1 amide bonds. The third-order valence-electron chi connectivity index (χ3n) is 4.70. The molecular formula is C14H26N2O. The minimum atomic E-state index is -0.155. The van der Waals surface area contributed by atoms with Crippen molar-refractivity contribution in [1.29, 1.82) is 0 Å². The van der Waals surface area contributed by atoms with Crippen molar-refractivity contribution >= 4 is 5.91 Å². The summed E-state index contributed by atoms with van der Waals surface area (Å²) >= 11 is 0. The second kappa shape index (κ2) is 4.97. The molecule has 2 aliphatic rings. The van der Waals surface area contributed by atoms with Gasteiger partial charge in [-0.1, -0.05) is 13.8 Å². The van der Waals surface area contributed by atoms with Crippen LogP contribution in [0.5, 0.6) is 0 Å². The van der Waals surface area contributed by atoms with E-state index in [1.807, 2.05) is 0 Å². The number of nitrogens with zero attached hydrogens (tertiary/aromatic N) is 1. The summed E-state index contributed by atoms with van der Waals surface area (Å²) in [6.45, 7) is 7.03. The van der Waals surface area contributed by atoms with Gasteiger partial charge in [-0.25, -0.2) is 0 Å². The second-order valence-corrected chi connectivity index (χ2v) is 6.21. The molecule has 2 fully saturated rings. The fourth-order valence-corrected chi connectivity index (χ4v) is 2.98. The average molecular weight is 238 g/mol. The lowest BCUT2D eigenvalue weighted by atomic mass is 9.89. The van der Waals surface area contributed by atoms with Crippen molar-refractivity contribution in [3.63, 3.8) is 0 Å². The SMILES string of the molecule is CC(C)C1CCCN(C(=O)C2(CN)CC2)CC1. The first-order valence-corrected chi connectivity index (χ1v) is 7.08. The van der Waals surface area contributed by atoms with Gasteiger partial charge in [-0.05, 0) is 43.9 Å². The Morgan fingerprint density at radius 1 is 1.35 bits per heavy atom. The van der Waals surface area contributed by atoms with Gasteiger partial charge >= 0.3 is 0 Å². The first-order valence-electron chi connectivity index (χ1n) is 7.08. The van der Waals surface area contributed by atoms with Gasteiger partial charge in [0.2, 0.25) is 5.91 Å². The summed E-state index contributed by atoms with van der Waals surface area (Å²) in [6, 6.07) is 0. The number of amides is 1.